The predicted molar refractivity (Wildman–Crippen MR) is 41.5 cm³/mol. The molecule has 0 bridgehead atoms. The third-order valence-electron chi connectivity index (χ3n) is 0.969. The molecule has 8 heavy (non-hydrogen) atoms. The largest absolute Gasteiger partial charge is 0.317 e. The molecule has 1 unspecified atom stereocenters. The second-order valence-electron chi connectivity index (χ2n) is 1.92. The van der Waals surface area contributed by atoms with Crippen LogP contribution in [0.2, 0.25) is 0 Å². The molecule has 1 atom stereocenters. The number of hydrogen-bond donors (Lipinski definition) is 1. The Hall–Kier alpha value is 0.440. The van der Waals surface area contributed by atoms with E-state index in [1.54, 1.807) is 0 Å². The molecule has 50 valence electrons. The van der Waals surface area contributed by atoms with E-state index in [9.17, 15) is 0 Å². The van der Waals surface area contributed by atoms with Crippen LogP contribution < -0.4 is 5.32 Å². The Bertz CT molecular complexity index is 45.8. The van der Waals surface area contributed by atoms with E-state index in [1.807, 2.05) is 0 Å². The van der Waals surface area contributed by atoms with Crippen LogP contribution in [0.4, 0.5) is 0 Å². The van der Waals surface area contributed by atoms with Gasteiger partial charge in [0, 0.05) is 4.83 Å². The molecule has 0 amide bonds. The van der Waals surface area contributed by atoms with E-state index < -0.39 is 0 Å². The fourth-order valence-electron chi connectivity index (χ4n) is 0.478. The third kappa shape index (κ3) is 6.44. The Morgan fingerprint density at radius 3 is 2.62 bits per heavy atom. The van der Waals surface area contributed by atoms with Gasteiger partial charge in [-0.15, -0.1) is 0 Å². The highest BCUT2D eigenvalue weighted by Crippen LogP contribution is 2.00. The summed E-state index contributed by atoms with van der Waals surface area (Å²) in [5.74, 6) is 0. The van der Waals surface area contributed by atoms with Gasteiger partial charge in [0.2, 0.25) is 0 Å². The zero-order chi connectivity index (χ0) is 6.41. The summed E-state index contributed by atoms with van der Waals surface area (Å²) in [7, 11) is 0. The minimum atomic E-state index is 0.654. The molecular weight excluding hydrogens is 166 g/mol. The van der Waals surface area contributed by atoms with Gasteiger partial charge in [0.1, 0.15) is 0 Å². The van der Waals surface area contributed by atoms with Crippen LogP contribution in [-0.4, -0.2) is 17.9 Å². The highest BCUT2D eigenvalue weighted by Gasteiger charge is 1.91. The second-order valence-corrected chi connectivity index (χ2v) is 3.49. The summed E-state index contributed by atoms with van der Waals surface area (Å²) in [4.78, 5) is 0.654. The minimum Gasteiger partial charge on any atom is -0.317 e. The summed E-state index contributed by atoms with van der Waals surface area (Å²) in [6, 6.07) is 0. The summed E-state index contributed by atoms with van der Waals surface area (Å²) < 4.78 is 0. The first-order valence-electron chi connectivity index (χ1n) is 3.12. The van der Waals surface area contributed by atoms with E-state index in [2.05, 4.69) is 35.1 Å². The van der Waals surface area contributed by atoms with E-state index in [0.29, 0.717) is 4.83 Å². The number of hydrogen-bond acceptors (Lipinski definition) is 1. The molecule has 0 aliphatic heterocycles. The molecule has 0 aliphatic rings. The van der Waals surface area contributed by atoms with Crippen molar-refractivity contribution in [2.24, 2.45) is 0 Å². The quantitative estimate of drug-likeness (QED) is 0.513. The maximum atomic E-state index is 3.46. The van der Waals surface area contributed by atoms with E-state index in [-0.39, 0.29) is 0 Å². The molecule has 0 saturated heterocycles. The Kier molecular flexibility index (Phi) is 5.88. The summed E-state index contributed by atoms with van der Waals surface area (Å²) in [5, 5.41) is 3.25. The standard InChI is InChI=1S/C6H14BrN/c1-3-8-5-4-6(2)7/h6,8H,3-5H2,1-2H3. The zero-order valence-corrected chi connectivity index (χ0v) is 7.16. The van der Waals surface area contributed by atoms with Crippen molar-refractivity contribution in [1.29, 1.82) is 0 Å². The van der Waals surface area contributed by atoms with Crippen LogP contribution in [0.3, 0.4) is 0 Å². The van der Waals surface area contributed by atoms with Gasteiger partial charge in [0.25, 0.3) is 0 Å². The van der Waals surface area contributed by atoms with E-state index in [4.69, 9.17) is 0 Å². The average molecular weight is 180 g/mol. The molecule has 2 heteroatoms. The first-order valence-corrected chi connectivity index (χ1v) is 4.03. The van der Waals surface area contributed by atoms with Gasteiger partial charge in [-0.2, -0.15) is 0 Å². The lowest BCUT2D eigenvalue weighted by Gasteiger charge is -2.01. The van der Waals surface area contributed by atoms with Gasteiger partial charge >= 0.3 is 0 Å². The lowest BCUT2D eigenvalue weighted by molar-refractivity contribution is 0.674. The van der Waals surface area contributed by atoms with Crippen molar-refractivity contribution in [3.05, 3.63) is 0 Å². The van der Waals surface area contributed by atoms with Crippen molar-refractivity contribution >= 4 is 15.9 Å². The van der Waals surface area contributed by atoms with Crippen LogP contribution >= 0.6 is 15.9 Å². The van der Waals surface area contributed by atoms with Gasteiger partial charge in [-0.3, -0.25) is 0 Å². The smallest absolute Gasteiger partial charge is 0.0129 e. The maximum absolute atomic E-state index is 3.46. The number of nitrogens with one attached hydrogen (secondary N) is 1. The molecule has 0 spiro atoms. The highest BCUT2D eigenvalue weighted by atomic mass is 79.9. The summed E-state index contributed by atoms with van der Waals surface area (Å²) in [6.07, 6.45) is 1.22. The van der Waals surface area contributed by atoms with Crippen LogP contribution in [0.15, 0.2) is 0 Å². The van der Waals surface area contributed by atoms with Gasteiger partial charge in [0.05, 0.1) is 0 Å². The maximum Gasteiger partial charge on any atom is 0.0129 e. The Morgan fingerprint density at radius 1 is 1.62 bits per heavy atom. The molecule has 1 nitrogen and oxygen atoms in total. The fourth-order valence-corrected chi connectivity index (χ4v) is 0.707. The average Bonchev–Trinajstić information content (AvgIpc) is 1.66. The van der Waals surface area contributed by atoms with Gasteiger partial charge < -0.3 is 5.32 Å². The molecule has 0 radical (unpaired) electrons. The lowest BCUT2D eigenvalue weighted by atomic mass is 10.3. The van der Waals surface area contributed by atoms with Crippen molar-refractivity contribution in [3.8, 4) is 0 Å². The fraction of sp³-hybridized carbons (Fsp3) is 1.00. The molecule has 0 rings (SSSR count). The van der Waals surface area contributed by atoms with Gasteiger partial charge in [-0.1, -0.05) is 29.8 Å². The molecule has 1 N–H and O–H groups in total. The van der Waals surface area contributed by atoms with Crippen LogP contribution in [0.5, 0.6) is 0 Å². The van der Waals surface area contributed by atoms with E-state index in [1.165, 1.54) is 6.42 Å². The first kappa shape index (κ1) is 8.44. The van der Waals surface area contributed by atoms with Crippen molar-refractivity contribution in [3.63, 3.8) is 0 Å². The molecular formula is C6H14BrN. The molecule has 0 aromatic rings. The summed E-state index contributed by atoms with van der Waals surface area (Å²) in [6.45, 7) is 6.50. The van der Waals surface area contributed by atoms with Gasteiger partial charge in [-0.05, 0) is 19.5 Å². The van der Waals surface area contributed by atoms with Crippen molar-refractivity contribution in [2.75, 3.05) is 13.1 Å². The topological polar surface area (TPSA) is 12.0 Å². The van der Waals surface area contributed by atoms with Crippen LogP contribution in [0.1, 0.15) is 20.3 Å². The lowest BCUT2D eigenvalue weighted by Crippen LogP contribution is -2.16. The van der Waals surface area contributed by atoms with Crippen molar-refractivity contribution < 1.29 is 0 Å². The van der Waals surface area contributed by atoms with Crippen molar-refractivity contribution in [2.45, 2.75) is 25.1 Å². The Balaban J connectivity index is 2.72. The molecule has 0 aromatic heterocycles. The van der Waals surface area contributed by atoms with E-state index >= 15 is 0 Å². The number of rotatable bonds is 4. The zero-order valence-electron chi connectivity index (χ0n) is 5.58. The first-order chi connectivity index (χ1) is 3.77. The molecule has 0 aromatic carbocycles. The van der Waals surface area contributed by atoms with Crippen LogP contribution in [0.25, 0.3) is 0 Å². The molecule has 0 heterocycles. The molecule has 0 aliphatic carbocycles. The minimum absolute atomic E-state index is 0.654. The van der Waals surface area contributed by atoms with Gasteiger partial charge in [-0.25, -0.2) is 0 Å². The SMILES string of the molecule is CCNCCC(C)Br. The second kappa shape index (κ2) is 5.57. The molecule has 0 saturated carbocycles. The Labute approximate surface area is 60.0 Å². The summed E-state index contributed by atoms with van der Waals surface area (Å²) in [5.41, 5.74) is 0. The number of alkyl halides is 1. The predicted octanol–water partition coefficient (Wildman–Crippen LogP) is 1.77. The van der Waals surface area contributed by atoms with Crippen LogP contribution in [0, 0.1) is 0 Å². The summed E-state index contributed by atoms with van der Waals surface area (Å²) >= 11 is 3.46. The third-order valence-corrected chi connectivity index (χ3v) is 1.43. The van der Waals surface area contributed by atoms with Crippen LogP contribution in [-0.2, 0) is 0 Å². The normalized spacial score (nSPS) is 13.9. The molecule has 0 fully saturated rings. The van der Waals surface area contributed by atoms with Crippen molar-refractivity contribution in [1.82, 2.24) is 5.32 Å². The Morgan fingerprint density at radius 2 is 2.25 bits per heavy atom. The monoisotopic (exact) mass is 179 g/mol. The van der Waals surface area contributed by atoms with Gasteiger partial charge in [0.15, 0.2) is 0 Å². The highest BCUT2D eigenvalue weighted by molar-refractivity contribution is 9.09. The van der Waals surface area contributed by atoms with E-state index in [0.717, 1.165) is 13.1 Å². The number of halogens is 1.